The summed E-state index contributed by atoms with van der Waals surface area (Å²) in [5.41, 5.74) is 0.535. The third-order valence-electron chi connectivity index (χ3n) is 2.27. The van der Waals surface area contributed by atoms with Crippen LogP contribution in [0.1, 0.15) is 38.3 Å². The van der Waals surface area contributed by atoms with Gasteiger partial charge in [-0.1, -0.05) is 20.3 Å². The number of pyridine rings is 1. The lowest BCUT2D eigenvalue weighted by Gasteiger charge is -2.10. The average molecular weight is 197 g/mol. The van der Waals surface area contributed by atoms with Crippen LogP contribution in [0, 0.1) is 5.82 Å². The van der Waals surface area contributed by atoms with Gasteiger partial charge in [0, 0.05) is 12.0 Å². The predicted octanol–water partition coefficient (Wildman–Crippen LogP) is 3.13. The fraction of sp³-hybridized carbons (Fsp3) is 0.545. The molecule has 1 rings (SSSR count). The number of methoxy groups -OCH3 is 1. The smallest absolute Gasteiger partial charge is 0.148 e. The number of ether oxygens (including phenoxy) is 1. The van der Waals surface area contributed by atoms with Crippen LogP contribution in [0.4, 0.5) is 4.39 Å². The molecule has 0 spiro atoms. The second-order valence-electron chi connectivity index (χ2n) is 3.43. The third kappa shape index (κ3) is 2.44. The van der Waals surface area contributed by atoms with Gasteiger partial charge in [0.15, 0.2) is 0 Å². The Morgan fingerprint density at radius 1 is 1.57 bits per heavy atom. The monoisotopic (exact) mass is 197 g/mol. The number of halogens is 1. The van der Waals surface area contributed by atoms with Gasteiger partial charge in [-0.25, -0.2) is 4.39 Å². The van der Waals surface area contributed by atoms with E-state index >= 15 is 0 Å². The Balaban J connectivity index is 2.88. The lowest BCUT2D eigenvalue weighted by Crippen LogP contribution is -2.01. The van der Waals surface area contributed by atoms with E-state index in [-0.39, 0.29) is 11.7 Å². The van der Waals surface area contributed by atoms with Gasteiger partial charge in [-0.05, 0) is 6.42 Å². The van der Waals surface area contributed by atoms with Crippen LogP contribution in [0.5, 0.6) is 5.75 Å². The standard InChI is InChI=1S/C11H16FNO/c1-4-5-8(2)11-10(12)6-9(14-3)7-13-11/h6-8H,4-5H2,1-3H3. The highest BCUT2D eigenvalue weighted by atomic mass is 19.1. The van der Waals surface area contributed by atoms with Gasteiger partial charge in [0.05, 0.1) is 19.0 Å². The maximum absolute atomic E-state index is 13.5. The lowest BCUT2D eigenvalue weighted by molar-refractivity contribution is 0.406. The van der Waals surface area contributed by atoms with Crippen molar-refractivity contribution in [3.63, 3.8) is 0 Å². The van der Waals surface area contributed by atoms with Crippen LogP contribution >= 0.6 is 0 Å². The molecule has 0 aromatic carbocycles. The maximum Gasteiger partial charge on any atom is 0.148 e. The topological polar surface area (TPSA) is 22.1 Å². The number of hydrogen-bond donors (Lipinski definition) is 0. The van der Waals surface area contributed by atoms with Crippen molar-refractivity contribution in [3.05, 3.63) is 23.8 Å². The van der Waals surface area contributed by atoms with Gasteiger partial charge in [-0.2, -0.15) is 0 Å². The second kappa shape index (κ2) is 4.94. The molecule has 0 amide bonds. The van der Waals surface area contributed by atoms with Crippen molar-refractivity contribution in [1.82, 2.24) is 4.98 Å². The summed E-state index contributed by atoms with van der Waals surface area (Å²) in [6, 6.07) is 1.38. The molecular weight excluding hydrogens is 181 g/mol. The molecule has 1 aromatic rings. The summed E-state index contributed by atoms with van der Waals surface area (Å²) in [7, 11) is 1.51. The van der Waals surface area contributed by atoms with Crippen LogP contribution in [0.25, 0.3) is 0 Å². The van der Waals surface area contributed by atoms with Crippen molar-refractivity contribution in [3.8, 4) is 5.75 Å². The Kier molecular flexibility index (Phi) is 3.86. The molecule has 1 aromatic heterocycles. The Hall–Kier alpha value is -1.12. The molecule has 1 atom stereocenters. The molecule has 78 valence electrons. The van der Waals surface area contributed by atoms with Gasteiger partial charge in [0.1, 0.15) is 11.6 Å². The highest BCUT2D eigenvalue weighted by molar-refractivity contribution is 5.23. The summed E-state index contributed by atoms with van der Waals surface area (Å²) in [5.74, 6) is 0.367. The Bertz CT molecular complexity index is 301. The molecule has 0 aliphatic carbocycles. The van der Waals surface area contributed by atoms with E-state index in [0.717, 1.165) is 12.8 Å². The Morgan fingerprint density at radius 2 is 2.29 bits per heavy atom. The molecule has 0 saturated heterocycles. The molecule has 0 aliphatic rings. The number of rotatable bonds is 4. The van der Waals surface area contributed by atoms with Crippen LogP contribution < -0.4 is 4.74 Å². The van der Waals surface area contributed by atoms with Crippen LogP contribution in [-0.4, -0.2) is 12.1 Å². The third-order valence-corrected chi connectivity index (χ3v) is 2.27. The molecule has 3 heteroatoms. The zero-order chi connectivity index (χ0) is 10.6. The molecular formula is C11H16FNO. The van der Waals surface area contributed by atoms with Crippen molar-refractivity contribution in [2.24, 2.45) is 0 Å². The first kappa shape index (κ1) is 11.0. The van der Waals surface area contributed by atoms with E-state index in [4.69, 9.17) is 4.74 Å². The number of aromatic nitrogens is 1. The largest absolute Gasteiger partial charge is 0.495 e. The molecule has 14 heavy (non-hydrogen) atoms. The zero-order valence-electron chi connectivity index (χ0n) is 8.88. The van der Waals surface area contributed by atoms with Crippen molar-refractivity contribution in [2.75, 3.05) is 7.11 Å². The molecule has 0 radical (unpaired) electrons. The van der Waals surface area contributed by atoms with Crippen molar-refractivity contribution >= 4 is 0 Å². The minimum Gasteiger partial charge on any atom is -0.495 e. The van der Waals surface area contributed by atoms with Gasteiger partial charge in [-0.3, -0.25) is 4.98 Å². The van der Waals surface area contributed by atoms with Gasteiger partial charge < -0.3 is 4.74 Å². The average Bonchev–Trinajstić information content (AvgIpc) is 2.17. The van der Waals surface area contributed by atoms with E-state index in [9.17, 15) is 4.39 Å². The van der Waals surface area contributed by atoms with Gasteiger partial charge in [0.2, 0.25) is 0 Å². The second-order valence-corrected chi connectivity index (χ2v) is 3.43. The minimum absolute atomic E-state index is 0.172. The number of nitrogens with zero attached hydrogens (tertiary/aromatic N) is 1. The first-order chi connectivity index (χ1) is 6.69. The molecule has 2 nitrogen and oxygen atoms in total. The molecule has 0 fully saturated rings. The first-order valence-corrected chi connectivity index (χ1v) is 4.88. The van der Waals surface area contributed by atoms with E-state index in [0.29, 0.717) is 11.4 Å². The SMILES string of the molecule is CCCC(C)c1ncc(OC)cc1F. The maximum atomic E-state index is 13.5. The Morgan fingerprint density at radius 3 is 2.79 bits per heavy atom. The van der Waals surface area contributed by atoms with Crippen molar-refractivity contribution < 1.29 is 9.13 Å². The summed E-state index contributed by atoms with van der Waals surface area (Å²) in [4.78, 5) is 4.07. The zero-order valence-corrected chi connectivity index (χ0v) is 8.88. The molecule has 1 heterocycles. The Labute approximate surface area is 84.1 Å². The van der Waals surface area contributed by atoms with Crippen molar-refractivity contribution in [2.45, 2.75) is 32.6 Å². The predicted molar refractivity (Wildman–Crippen MR) is 54.1 cm³/mol. The fourth-order valence-corrected chi connectivity index (χ4v) is 1.47. The van der Waals surface area contributed by atoms with E-state index in [1.54, 1.807) is 6.20 Å². The summed E-state index contributed by atoms with van der Waals surface area (Å²) in [6.07, 6.45) is 3.55. The summed E-state index contributed by atoms with van der Waals surface area (Å²) < 4.78 is 18.4. The van der Waals surface area contributed by atoms with Gasteiger partial charge in [-0.15, -0.1) is 0 Å². The molecule has 0 bridgehead atoms. The van der Waals surface area contributed by atoms with E-state index in [2.05, 4.69) is 11.9 Å². The highest BCUT2D eigenvalue weighted by Crippen LogP contribution is 2.23. The normalized spacial score (nSPS) is 12.6. The van der Waals surface area contributed by atoms with Crippen molar-refractivity contribution in [1.29, 1.82) is 0 Å². The van der Waals surface area contributed by atoms with E-state index < -0.39 is 0 Å². The summed E-state index contributed by atoms with van der Waals surface area (Å²) in [6.45, 7) is 4.07. The molecule has 0 aliphatic heterocycles. The fourth-order valence-electron chi connectivity index (χ4n) is 1.47. The van der Waals surface area contributed by atoms with Gasteiger partial charge in [0.25, 0.3) is 0 Å². The molecule has 0 N–H and O–H groups in total. The quantitative estimate of drug-likeness (QED) is 0.739. The highest BCUT2D eigenvalue weighted by Gasteiger charge is 2.12. The summed E-state index contributed by atoms with van der Waals surface area (Å²) >= 11 is 0. The minimum atomic E-state index is -0.273. The van der Waals surface area contributed by atoms with Crippen LogP contribution in [0.2, 0.25) is 0 Å². The van der Waals surface area contributed by atoms with Crippen LogP contribution in [0.3, 0.4) is 0 Å². The van der Waals surface area contributed by atoms with E-state index in [1.165, 1.54) is 13.2 Å². The number of hydrogen-bond acceptors (Lipinski definition) is 2. The molecule has 0 saturated carbocycles. The lowest BCUT2D eigenvalue weighted by atomic mass is 10.0. The molecule has 1 unspecified atom stereocenters. The van der Waals surface area contributed by atoms with Gasteiger partial charge >= 0.3 is 0 Å². The first-order valence-electron chi connectivity index (χ1n) is 4.88. The van der Waals surface area contributed by atoms with Crippen LogP contribution in [0.15, 0.2) is 12.3 Å². The summed E-state index contributed by atoms with van der Waals surface area (Å²) in [5, 5.41) is 0. The van der Waals surface area contributed by atoms with Crippen LogP contribution in [-0.2, 0) is 0 Å². The van der Waals surface area contributed by atoms with E-state index in [1.807, 2.05) is 6.92 Å².